The Morgan fingerprint density at radius 3 is 2.62 bits per heavy atom. The zero-order chi connectivity index (χ0) is 29.8. The summed E-state index contributed by atoms with van der Waals surface area (Å²) in [6, 6.07) is 5.29. The third-order valence-corrected chi connectivity index (χ3v) is 9.37. The zero-order valence-corrected chi connectivity index (χ0v) is 24.3. The van der Waals surface area contributed by atoms with Crippen LogP contribution in [-0.4, -0.2) is 76.6 Å². The molecule has 4 fully saturated rings. The molecular formula is C31H39N5O6. The first kappa shape index (κ1) is 28.2. The lowest BCUT2D eigenvalue weighted by atomic mass is 9.89. The molecule has 2 saturated heterocycles. The highest BCUT2D eigenvalue weighted by Crippen LogP contribution is 2.43. The highest BCUT2D eigenvalue weighted by atomic mass is 16.5. The number of fused-ring (bicyclic) bond motifs is 2. The normalized spacial score (nSPS) is 26.9. The number of nitrogens with one attached hydrogen (secondary N) is 4. The van der Waals surface area contributed by atoms with Crippen LogP contribution in [-0.2, 0) is 19.2 Å². The molecule has 0 spiro atoms. The van der Waals surface area contributed by atoms with Gasteiger partial charge in [-0.3, -0.25) is 24.0 Å². The van der Waals surface area contributed by atoms with Gasteiger partial charge in [0.05, 0.1) is 13.2 Å². The number of Topliss-reactive ketones (excluding diaryl/α,β-unsaturated/α-hetero) is 1. The Hall–Kier alpha value is -3.89. The van der Waals surface area contributed by atoms with E-state index in [1.54, 1.807) is 18.1 Å². The van der Waals surface area contributed by atoms with E-state index in [0.29, 0.717) is 24.4 Å². The molecule has 0 bridgehead atoms. The number of nitrogens with zero attached hydrogens (tertiary/aromatic N) is 1. The second kappa shape index (κ2) is 10.7. The largest absolute Gasteiger partial charge is 0.496 e. The summed E-state index contributed by atoms with van der Waals surface area (Å²) in [5.41, 5.74) is 0.667. The number of hydrogen-bond acceptors (Lipinski definition) is 6. The van der Waals surface area contributed by atoms with E-state index in [2.05, 4.69) is 20.9 Å². The molecule has 42 heavy (non-hydrogen) atoms. The number of carbonyl (C=O) groups is 5. The zero-order valence-electron chi connectivity index (χ0n) is 24.3. The second-order valence-corrected chi connectivity index (χ2v) is 13.0. The summed E-state index contributed by atoms with van der Waals surface area (Å²) in [6.07, 6.45) is 4.82. The first-order valence-corrected chi connectivity index (χ1v) is 15.0. The number of H-pyrrole nitrogens is 1. The lowest BCUT2D eigenvalue weighted by Gasteiger charge is -2.29. The van der Waals surface area contributed by atoms with Crippen LogP contribution < -0.4 is 20.7 Å². The van der Waals surface area contributed by atoms with Crippen LogP contribution in [0.3, 0.4) is 0 Å². The Kier molecular flexibility index (Phi) is 7.22. The maximum absolute atomic E-state index is 14.0. The molecule has 11 heteroatoms. The van der Waals surface area contributed by atoms with Crippen LogP contribution in [0.15, 0.2) is 24.3 Å². The van der Waals surface area contributed by atoms with E-state index in [9.17, 15) is 24.0 Å². The third-order valence-electron chi connectivity index (χ3n) is 9.37. The van der Waals surface area contributed by atoms with Crippen molar-refractivity contribution in [2.75, 3.05) is 13.7 Å². The van der Waals surface area contributed by atoms with E-state index in [4.69, 9.17) is 4.74 Å². The third kappa shape index (κ3) is 5.36. The Morgan fingerprint density at radius 1 is 1.14 bits per heavy atom. The topological polar surface area (TPSA) is 150 Å². The summed E-state index contributed by atoms with van der Waals surface area (Å²) in [5, 5.41) is 9.27. The van der Waals surface area contributed by atoms with Crippen molar-refractivity contribution in [3.8, 4) is 5.75 Å². The fraction of sp³-hybridized carbons (Fsp3) is 0.581. The van der Waals surface area contributed by atoms with Crippen LogP contribution in [0.4, 0.5) is 0 Å². The van der Waals surface area contributed by atoms with Crippen molar-refractivity contribution in [3.63, 3.8) is 0 Å². The van der Waals surface area contributed by atoms with E-state index in [1.807, 2.05) is 32.0 Å². The predicted molar refractivity (Wildman–Crippen MR) is 154 cm³/mol. The number of aromatic amines is 1. The van der Waals surface area contributed by atoms with E-state index >= 15 is 0 Å². The summed E-state index contributed by atoms with van der Waals surface area (Å²) < 4.78 is 5.45. The molecule has 5 atom stereocenters. The maximum Gasteiger partial charge on any atom is 0.289 e. The lowest BCUT2D eigenvalue weighted by molar-refractivity contribution is -0.141. The van der Waals surface area contributed by atoms with E-state index in [0.717, 1.165) is 43.0 Å². The molecule has 0 radical (unpaired) electrons. The molecule has 2 aliphatic carbocycles. The van der Waals surface area contributed by atoms with Gasteiger partial charge in [0, 0.05) is 34.9 Å². The van der Waals surface area contributed by atoms with Gasteiger partial charge in [-0.25, -0.2) is 0 Å². The number of benzene rings is 1. The van der Waals surface area contributed by atoms with Crippen LogP contribution in [0.25, 0.3) is 10.9 Å². The number of carbonyl (C=O) groups excluding carboxylic acids is 5. The highest BCUT2D eigenvalue weighted by molar-refractivity contribution is 6.38. The Bertz CT molecular complexity index is 1440. The minimum atomic E-state index is -1.17. The molecular weight excluding hydrogens is 538 g/mol. The van der Waals surface area contributed by atoms with Crippen molar-refractivity contribution in [1.29, 1.82) is 0 Å². The first-order chi connectivity index (χ1) is 20.0. The summed E-state index contributed by atoms with van der Waals surface area (Å²) in [5.74, 6) is -2.20. The molecule has 4 N–H and O–H groups in total. The number of hydrogen-bond donors (Lipinski definition) is 4. The molecule has 2 aromatic rings. The van der Waals surface area contributed by atoms with Gasteiger partial charge in [0.2, 0.25) is 17.6 Å². The van der Waals surface area contributed by atoms with Crippen LogP contribution in [0, 0.1) is 17.8 Å². The average molecular weight is 578 g/mol. The van der Waals surface area contributed by atoms with Crippen molar-refractivity contribution in [2.45, 2.75) is 82.5 Å². The van der Waals surface area contributed by atoms with Crippen molar-refractivity contribution in [2.24, 2.45) is 17.8 Å². The van der Waals surface area contributed by atoms with Gasteiger partial charge in [-0.15, -0.1) is 0 Å². The van der Waals surface area contributed by atoms with Crippen LogP contribution in [0.2, 0.25) is 0 Å². The molecule has 2 aliphatic heterocycles. The Balaban J connectivity index is 1.25. The van der Waals surface area contributed by atoms with Crippen molar-refractivity contribution >= 4 is 40.3 Å². The van der Waals surface area contributed by atoms with Crippen LogP contribution in [0.1, 0.15) is 69.3 Å². The number of methoxy groups -OCH3 is 1. The fourth-order valence-corrected chi connectivity index (χ4v) is 7.23. The Morgan fingerprint density at radius 2 is 1.93 bits per heavy atom. The molecule has 4 amide bonds. The molecule has 3 heterocycles. The smallest absolute Gasteiger partial charge is 0.289 e. The SMILES string of the molecule is COc1cccc2[nH]c(C(=O)N3C[C@@H]4CCC[C@@H]4[C@H]3C(=O)N[C@@H](C[C@@H]3CC(C)(C)NC3=O)C(=O)C(=O)NC3CC3)cc12. The van der Waals surface area contributed by atoms with Gasteiger partial charge in [-0.05, 0) is 82.4 Å². The van der Waals surface area contributed by atoms with E-state index < -0.39 is 41.1 Å². The van der Waals surface area contributed by atoms with Crippen molar-refractivity contribution < 1.29 is 28.7 Å². The summed E-state index contributed by atoms with van der Waals surface area (Å²) in [4.78, 5) is 71.6. The standard InChI is InChI=1S/C31H39N5O6/c1-31(2)14-17(27(38)35-31)12-22(26(37)29(40)32-18-10-11-18)34-28(39)25-19-7-4-6-16(19)15-36(25)30(41)23-13-20-21(33-23)8-5-9-24(20)42-3/h5,8-9,13,16-19,22,25,33H,4,6-7,10-12,14-15H2,1-3H3,(H,32,40)(H,34,39)(H,35,38)/t16-,17+,19-,22-,25-/m0/s1. The van der Waals surface area contributed by atoms with Gasteiger partial charge in [0.25, 0.3) is 11.8 Å². The van der Waals surface area contributed by atoms with Gasteiger partial charge in [0.1, 0.15) is 17.5 Å². The van der Waals surface area contributed by atoms with Gasteiger partial charge in [-0.1, -0.05) is 12.5 Å². The monoisotopic (exact) mass is 577 g/mol. The Labute approximate surface area is 244 Å². The molecule has 2 saturated carbocycles. The number of amides is 4. The molecule has 1 aromatic heterocycles. The minimum Gasteiger partial charge on any atom is -0.496 e. The number of aromatic nitrogens is 1. The fourth-order valence-electron chi connectivity index (χ4n) is 7.23. The summed E-state index contributed by atoms with van der Waals surface area (Å²) in [6.45, 7) is 4.25. The molecule has 4 aliphatic rings. The van der Waals surface area contributed by atoms with Gasteiger partial charge in [0.15, 0.2) is 0 Å². The van der Waals surface area contributed by atoms with Gasteiger partial charge < -0.3 is 30.6 Å². The summed E-state index contributed by atoms with van der Waals surface area (Å²) in [7, 11) is 1.57. The molecule has 224 valence electrons. The number of ether oxygens (including phenoxy) is 1. The number of likely N-dealkylation sites (tertiary alicyclic amines) is 1. The van der Waals surface area contributed by atoms with E-state index in [-0.39, 0.29) is 36.1 Å². The second-order valence-electron chi connectivity index (χ2n) is 13.0. The lowest BCUT2D eigenvalue weighted by Crippen LogP contribution is -2.55. The minimum absolute atomic E-state index is 0.0223. The maximum atomic E-state index is 14.0. The van der Waals surface area contributed by atoms with Crippen LogP contribution in [0.5, 0.6) is 5.75 Å². The quantitative estimate of drug-likeness (QED) is 0.335. The number of rotatable bonds is 9. The number of ketones is 1. The molecule has 1 aromatic carbocycles. The van der Waals surface area contributed by atoms with Gasteiger partial charge in [-0.2, -0.15) is 0 Å². The van der Waals surface area contributed by atoms with E-state index in [1.165, 1.54) is 0 Å². The van der Waals surface area contributed by atoms with Crippen molar-refractivity contribution in [3.05, 3.63) is 30.0 Å². The van der Waals surface area contributed by atoms with Crippen LogP contribution >= 0.6 is 0 Å². The van der Waals surface area contributed by atoms with Crippen molar-refractivity contribution in [1.82, 2.24) is 25.8 Å². The molecule has 11 nitrogen and oxygen atoms in total. The van der Waals surface area contributed by atoms with Gasteiger partial charge >= 0.3 is 0 Å². The first-order valence-electron chi connectivity index (χ1n) is 15.0. The highest BCUT2D eigenvalue weighted by Gasteiger charge is 2.51. The predicted octanol–water partition coefficient (Wildman–Crippen LogP) is 2.05. The molecule has 6 rings (SSSR count). The average Bonchev–Trinajstić information content (AvgIpc) is 3.26. The summed E-state index contributed by atoms with van der Waals surface area (Å²) >= 11 is 0. The molecule has 0 unspecified atom stereocenters.